The molecule has 0 aliphatic rings. The van der Waals surface area contributed by atoms with Crippen molar-refractivity contribution < 1.29 is 17.1 Å². The third-order valence-electron chi connectivity index (χ3n) is 5.07. The summed E-state index contributed by atoms with van der Waals surface area (Å²) in [6, 6.07) is 14.7. The number of benzene rings is 2. The van der Waals surface area contributed by atoms with E-state index in [0.29, 0.717) is 27.3 Å². The third kappa shape index (κ3) is 6.34. The standard InChI is InChI=1S/C27H28ClN5O3/c1-17-8-9-19(28)15-22(17)31-25(34)30-21-6-5-7-23-20(21)11-13-33(23)16-18-10-12-29-24(14-18)32-26(35)36-27(2,3)4/h5-15H,16H2,1-4H3,(H,29,32,35)(H2,30,31,34)/i16D2. The van der Waals surface area contributed by atoms with Crippen LogP contribution in [0.5, 0.6) is 0 Å². The second kappa shape index (κ2) is 10.3. The minimum absolute atomic E-state index is 0.160. The minimum atomic E-state index is -2.01. The molecule has 0 bridgehead atoms. The SMILES string of the molecule is [2H]C([2H])(c1ccnc(NC(=O)OC(C)(C)C)c1)n1ccc2c(NC(=O)Nc3cc(Cl)ccc3C)cccc21. The summed E-state index contributed by atoms with van der Waals surface area (Å²) in [7, 11) is 0. The number of anilines is 3. The van der Waals surface area contributed by atoms with Crippen molar-refractivity contribution in [3.05, 3.63) is 83.1 Å². The molecule has 9 heteroatoms. The van der Waals surface area contributed by atoms with E-state index in [0.717, 1.165) is 5.56 Å². The van der Waals surface area contributed by atoms with Gasteiger partial charge < -0.3 is 19.9 Å². The zero-order valence-corrected chi connectivity index (χ0v) is 21.1. The van der Waals surface area contributed by atoms with Crippen LogP contribution >= 0.6 is 11.6 Å². The first-order chi connectivity index (χ1) is 17.8. The number of hydrogen-bond acceptors (Lipinski definition) is 4. The Hall–Kier alpha value is -4.04. The maximum absolute atomic E-state index is 12.7. The van der Waals surface area contributed by atoms with Gasteiger partial charge in [-0.1, -0.05) is 23.7 Å². The van der Waals surface area contributed by atoms with Crippen LogP contribution < -0.4 is 16.0 Å². The van der Waals surface area contributed by atoms with Crippen LogP contribution in [-0.4, -0.2) is 27.3 Å². The molecular formula is C27H28ClN5O3. The Morgan fingerprint density at radius 3 is 2.61 bits per heavy atom. The first kappa shape index (κ1) is 22.4. The van der Waals surface area contributed by atoms with Crippen LogP contribution in [0.1, 0.15) is 34.6 Å². The van der Waals surface area contributed by atoms with Gasteiger partial charge in [0, 0.05) is 35.0 Å². The molecule has 4 rings (SSSR count). The molecule has 8 nitrogen and oxygen atoms in total. The van der Waals surface area contributed by atoms with Gasteiger partial charge in [0.25, 0.3) is 0 Å². The van der Waals surface area contributed by atoms with E-state index in [1.165, 1.54) is 22.9 Å². The van der Waals surface area contributed by atoms with Gasteiger partial charge >= 0.3 is 12.1 Å². The van der Waals surface area contributed by atoms with Crippen LogP contribution in [0.4, 0.5) is 26.8 Å². The fraction of sp³-hybridized carbons (Fsp3) is 0.222. The first-order valence-electron chi connectivity index (χ1n) is 12.2. The molecule has 0 aliphatic heterocycles. The highest BCUT2D eigenvalue weighted by atomic mass is 35.5. The predicted molar refractivity (Wildman–Crippen MR) is 144 cm³/mol. The van der Waals surface area contributed by atoms with Gasteiger partial charge in [0.15, 0.2) is 0 Å². The average molecular weight is 508 g/mol. The normalized spacial score (nSPS) is 12.5. The molecule has 2 heterocycles. The van der Waals surface area contributed by atoms with Gasteiger partial charge in [0.2, 0.25) is 0 Å². The lowest BCUT2D eigenvalue weighted by molar-refractivity contribution is 0.0635. The molecule has 0 unspecified atom stereocenters. The summed E-state index contributed by atoms with van der Waals surface area (Å²) in [5.74, 6) is 0.160. The number of carbonyl (C=O) groups is 2. The molecule has 0 radical (unpaired) electrons. The summed E-state index contributed by atoms with van der Waals surface area (Å²) in [5, 5.41) is 9.33. The van der Waals surface area contributed by atoms with E-state index in [4.69, 9.17) is 19.1 Å². The van der Waals surface area contributed by atoms with Crippen molar-refractivity contribution in [1.82, 2.24) is 9.55 Å². The van der Waals surface area contributed by atoms with Gasteiger partial charge in [-0.2, -0.15) is 0 Å². The number of amides is 3. The number of halogens is 1. The lowest BCUT2D eigenvalue weighted by atomic mass is 10.2. The van der Waals surface area contributed by atoms with Crippen LogP contribution in [0.3, 0.4) is 0 Å². The Kier molecular flexibility index (Phi) is 6.41. The maximum Gasteiger partial charge on any atom is 0.413 e. The second-order valence-electron chi connectivity index (χ2n) is 9.13. The summed E-state index contributed by atoms with van der Waals surface area (Å²) < 4.78 is 24.5. The predicted octanol–water partition coefficient (Wildman–Crippen LogP) is 7.04. The topological polar surface area (TPSA) is 97.3 Å². The molecule has 0 fully saturated rings. The van der Waals surface area contributed by atoms with Crippen LogP contribution in [0.15, 0.2) is 67.0 Å². The van der Waals surface area contributed by atoms with Gasteiger partial charge in [0.1, 0.15) is 11.4 Å². The Labute approximate surface area is 217 Å². The first-order valence-corrected chi connectivity index (χ1v) is 11.6. The highest BCUT2D eigenvalue weighted by molar-refractivity contribution is 6.31. The van der Waals surface area contributed by atoms with Crippen molar-refractivity contribution in [2.75, 3.05) is 16.0 Å². The number of aryl methyl sites for hydroxylation is 1. The van der Waals surface area contributed by atoms with Crippen LogP contribution in [0.25, 0.3) is 10.9 Å². The van der Waals surface area contributed by atoms with Crippen molar-refractivity contribution in [2.24, 2.45) is 0 Å². The zero-order chi connectivity index (χ0) is 27.7. The lowest BCUT2D eigenvalue weighted by Crippen LogP contribution is -2.27. The average Bonchev–Trinajstić information content (AvgIpc) is 3.26. The van der Waals surface area contributed by atoms with Gasteiger partial charge in [-0.3, -0.25) is 5.32 Å². The monoisotopic (exact) mass is 507 g/mol. The minimum Gasteiger partial charge on any atom is -0.444 e. The molecule has 3 N–H and O–H groups in total. The van der Waals surface area contributed by atoms with Gasteiger partial charge in [0.05, 0.1) is 13.9 Å². The van der Waals surface area contributed by atoms with Crippen LogP contribution in [0.2, 0.25) is 5.02 Å². The molecule has 2 aromatic heterocycles. The molecule has 0 spiro atoms. The smallest absolute Gasteiger partial charge is 0.413 e. The van der Waals surface area contributed by atoms with Crippen molar-refractivity contribution in [1.29, 1.82) is 0 Å². The molecular weight excluding hydrogens is 478 g/mol. The number of nitrogens with zero attached hydrogens (tertiary/aromatic N) is 2. The maximum atomic E-state index is 12.7. The highest BCUT2D eigenvalue weighted by Gasteiger charge is 2.17. The van der Waals surface area contributed by atoms with E-state index in [2.05, 4.69) is 20.9 Å². The summed E-state index contributed by atoms with van der Waals surface area (Å²) in [6.45, 7) is 5.10. The number of fused-ring (bicyclic) bond motifs is 1. The van der Waals surface area contributed by atoms with E-state index in [9.17, 15) is 9.59 Å². The van der Waals surface area contributed by atoms with Crippen molar-refractivity contribution >= 4 is 51.8 Å². The lowest BCUT2D eigenvalue weighted by Gasteiger charge is -2.19. The Bertz CT molecular complexity index is 1510. The second-order valence-corrected chi connectivity index (χ2v) is 9.57. The molecule has 4 aromatic rings. The molecule has 0 saturated heterocycles. The number of aromatic nitrogens is 2. The molecule has 0 saturated carbocycles. The number of urea groups is 1. The summed E-state index contributed by atoms with van der Waals surface area (Å²) in [6.07, 6.45) is 2.34. The molecule has 2 aromatic carbocycles. The number of hydrogen-bond donors (Lipinski definition) is 3. The van der Waals surface area contributed by atoms with E-state index >= 15 is 0 Å². The van der Waals surface area contributed by atoms with Gasteiger partial charge in [-0.05, 0) is 81.3 Å². The number of rotatable bonds is 5. The number of ether oxygens (including phenoxy) is 1. The fourth-order valence-electron chi connectivity index (χ4n) is 3.49. The van der Waals surface area contributed by atoms with Crippen molar-refractivity contribution in [2.45, 2.75) is 39.8 Å². The van der Waals surface area contributed by atoms with Crippen LogP contribution in [-0.2, 0) is 11.2 Å². The van der Waals surface area contributed by atoms with Crippen molar-refractivity contribution in [3.63, 3.8) is 0 Å². The number of carbonyl (C=O) groups excluding carboxylic acids is 2. The zero-order valence-electron chi connectivity index (χ0n) is 22.3. The van der Waals surface area contributed by atoms with E-state index in [1.54, 1.807) is 63.4 Å². The molecule has 0 aliphatic carbocycles. The van der Waals surface area contributed by atoms with E-state index in [-0.39, 0.29) is 11.4 Å². The molecule has 3 amide bonds. The number of pyridine rings is 1. The Morgan fingerprint density at radius 1 is 1.06 bits per heavy atom. The van der Waals surface area contributed by atoms with Crippen molar-refractivity contribution in [3.8, 4) is 0 Å². The largest absolute Gasteiger partial charge is 0.444 e. The summed E-state index contributed by atoms with van der Waals surface area (Å²) in [4.78, 5) is 29.0. The van der Waals surface area contributed by atoms with Gasteiger partial charge in [-0.15, -0.1) is 0 Å². The molecule has 36 heavy (non-hydrogen) atoms. The Morgan fingerprint density at radius 2 is 1.83 bits per heavy atom. The fourth-order valence-corrected chi connectivity index (χ4v) is 3.67. The summed E-state index contributed by atoms with van der Waals surface area (Å²) in [5.41, 5.74) is 2.10. The Balaban J connectivity index is 1.58. The molecule has 186 valence electrons. The summed E-state index contributed by atoms with van der Waals surface area (Å²) >= 11 is 6.05. The van der Waals surface area contributed by atoms with Crippen LogP contribution in [0, 0.1) is 6.92 Å². The number of nitrogens with one attached hydrogen (secondary N) is 3. The highest BCUT2D eigenvalue weighted by Crippen LogP contribution is 2.26. The van der Waals surface area contributed by atoms with E-state index in [1.807, 2.05) is 13.0 Å². The quantitative estimate of drug-likeness (QED) is 0.270. The third-order valence-corrected chi connectivity index (χ3v) is 5.30. The molecule has 0 atom stereocenters. The van der Waals surface area contributed by atoms with Gasteiger partial charge in [-0.25, -0.2) is 14.6 Å². The van der Waals surface area contributed by atoms with E-state index < -0.39 is 24.2 Å².